The van der Waals surface area contributed by atoms with E-state index in [0.29, 0.717) is 0 Å². The van der Waals surface area contributed by atoms with Gasteiger partial charge in [-0.15, -0.1) is 11.3 Å². The first-order valence-electron chi connectivity index (χ1n) is 15.8. The molecule has 1 aliphatic carbocycles. The molecule has 46 heavy (non-hydrogen) atoms. The van der Waals surface area contributed by atoms with E-state index in [4.69, 9.17) is 0 Å². The molecule has 1 atom stereocenters. The fourth-order valence-electron chi connectivity index (χ4n) is 8.20. The lowest BCUT2D eigenvalue weighted by Gasteiger charge is -2.32. The van der Waals surface area contributed by atoms with Gasteiger partial charge < -0.3 is 9.47 Å². The van der Waals surface area contributed by atoms with Crippen molar-refractivity contribution in [3.8, 4) is 5.69 Å². The molecule has 214 valence electrons. The van der Waals surface area contributed by atoms with E-state index >= 15 is 0 Å². The molecule has 0 bridgehead atoms. The monoisotopic (exact) mass is 604 g/mol. The van der Waals surface area contributed by atoms with E-state index in [9.17, 15) is 0 Å². The van der Waals surface area contributed by atoms with Crippen LogP contribution in [0.15, 0.2) is 152 Å². The number of fused-ring (bicyclic) bond motifs is 12. The summed E-state index contributed by atoms with van der Waals surface area (Å²) in [6, 6.07) is 49.1. The molecular formula is C42H26N3S+. The molecule has 0 saturated heterocycles. The molecule has 8 aromatic rings. The maximum atomic E-state index is 2.58. The van der Waals surface area contributed by atoms with Crippen molar-refractivity contribution < 1.29 is 0 Å². The first-order chi connectivity index (χ1) is 22.8. The number of rotatable bonds is 2. The smallest absolute Gasteiger partial charge is 0.235 e. The molecule has 0 N–H and O–H groups in total. The van der Waals surface area contributed by atoms with Gasteiger partial charge >= 0.3 is 0 Å². The van der Waals surface area contributed by atoms with Gasteiger partial charge in [-0.3, -0.25) is 0 Å². The zero-order valence-electron chi connectivity index (χ0n) is 24.8. The van der Waals surface area contributed by atoms with Crippen molar-refractivity contribution in [3.05, 3.63) is 157 Å². The van der Waals surface area contributed by atoms with Crippen LogP contribution in [0.4, 0.5) is 22.7 Å². The number of nitrogens with zero attached hydrogens (tertiary/aromatic N) is 3. The van der Waals surface area contributed by atoms with Gasteiger partial charge in [0, 0.05) is 66.5 Å². The van der Waals surface area contributed by atoms with Gasteiger partial charge in [0.2, 0.25) is 17.1 Å². The SMILES string of the molecule is C1=CC2=[N+](c3ccccc3)c3ccccc3N3c4ccc5c6ccccc6n(-c6ccc7sc8ccccc8c7c6)c5c4C(=C1)C23. The topological polar surface area (TPSA) is 11.2 Å². The Morgan fingerprint density at radius 2 is 1.39 bits per heavy atom. The van der Waals surface area contributed by atoms with E-state index in [1.54, 1.807) is 0 Å². The van der Waals surface area contributed by atoms with Crippen LogP contribution in [0.1, 0.15) is 5.56 Å². The fraction of sp³-hybridized carbons (Fsp3) is 0.0238. The Hall–Kier alpha value is -5.71. The minimum Gasteiger partial charge on any atom is -0.318 e. The number of allylic oxidation sites excluding steroid dienone is 2. The number of hydrogen-bond donors (Lipinski definition) is 0. The Morgan fingerprint density at radius 3 is 2.33 bits per heavy atom. The highest BCUT2D eigenvalue weighted by Gasteiger charge is 2.49. The van der Waals surface area contributed by atoms with Crippen LogP contribution in [0.2, 0.25) is 0 Å². The standard InChI is InChI=1S/C42H26N3S/c1-2-11-26(12-3-1)43-34-17-7-8-18-35(34)45-36-23-22-30-28-13-4-6-16-33(28)44(42(30)40(36)31-15-10-19-37(43)41(31)45)27-21-24-39-32(25-27)29-14-5-9-20-38(29)46-39/h1-25,41H/q+1. The van der Waals surface area contributed by atoms with Crippen molar-refractivity contribution in [2.75, 3.05) is 4.90 Å². The van der Waals surface area contributed by atoms with Crippen molar-refractivity contribution in [2.45, 2.75) is 6.04 Å². The second-order valence-electron chi connectivity index (χ2n) is 12.3. The number of aromatic nitrogens is 1. The van der Waals surface area contributed by atoms with Crippen molar-refractivity contribution in [2.24, 2.45) is 0 Å². The second kappa shape index (κ2) is 8.94. The summed E-state index contributed by atoms with van der Waals surface area (Å²) in [6.07, 6.45) is 6.90. The molecule has 1 unspecified atom stereocenters. The van der Waals surface area contributed by atoms with Crippen molar-refractivity contribution in [1.82, 2.24) is 9.14 Å². The predicted octanol–water partition coefficient (Wildman–Crippen LogP) is 10.9. The van der Waals surface area contributed by atoms with Gasteiger partial charge in [-0.1, -0.05) is 84.9 Å². The number of para-hydroxylation sites is 4. The van der Waals surface area contributed by atoms with Crippen LogP contribution < -0.4 is 9.48 Å². The molecule has 4 heterocycles. The van der Waals surface area contributed by atoms with E-state index < -0.39 is 0 Å². The van der Waals surface area contributed by atoms with E-state index in [0.717, 1.165) is 0 Å². The van der Waals surface area contributed by atoms with Gasteiger partial charge in [0.05, 0.1) is 16.7 Å². The van der Waals surface area contributed by atoms with Crippen LogP contribution in [0.3, 0.4) is 0 Å². The lowest BCUT2D eigenvalue weighted by atomic mass is 9.91. The quantitative estimate of drug-likeness (QED) is 0.179. The number of benzene rings is 6. The molecule has 3 aliphatic rings. The Kier molecular flexibility index (Phi) is 4.78. The number of thiophene rings is 1. The van der Waals surface area contributed by atoms with E-state index in [2.05, 4.69) is 166 Å². The maximum Gasteiger partial charge on any atom is 0.235 e. The summed E-state index contributed by atoms with van der Waals surface area (Å²) < 4.78 is 7.63. The van der Waals surface area contributed by atoms with E-state index in [1.165, 1.54) is 87.3 Å². The van der Waals surface area contributed by atoms with Crippen LogP contribution >= 0.6 is 11.3 Å². The van der Waals surface area contributed by atoms with Crippen LogP contribution in [-0.4, -0.2) is 16.3 Å². The first-order valence-corrected chi connectivity index (χ1v) is 16.6. The molecule has 6 aromatic carbocycles. The minimum atomic E-state index is 0.0791. The molecule has 2 aliphatic heterocycles. The van der Waals surface area contributed by atoms with Gasteiger partial charge in [0.1, 0.15) is 11.7 Å². The van der Waals surface area contributed by atoms with Crippen LogP contribution in [-0.2, 0) is 0 Å². The molecule has 3 nitrogen and oxygen atoms in total. The van der Waals surface area contributed by atoms with Gasteiger partial charge in [0.25, 0.3) is 0 Å². The lowest BCUT2D eigenvalue weighted by Crippen LogP contribution is -2.43. The van der Waals surface area contributed by atoms with Crippen molar-refractivity contribution in [3.63, 3.8) is 0 Å². The molecule has 0 radical (unpaired) electrons. The highest BCUT2D eigenvalue weighted by atomic mass is 32.1. The molecule has 11 rings (SSSR count). The average Bonchev–Trinajstić information content (AvgIpc) is 3.77. The Balaban J connectivity index is 1.25. The Bertz CT molecular complexity index is 2700. The minimum absolute atomic E-state index is 0.0791. The van der Waals surface area contributed by atoms with Crippen LogP contribution in [0.25, 0.3) is 53.2 Å². The number of hydrogen-bond acceptors (Lipinski definition) is 2. The summed E-state index contributed by atoms with van der Waals surface area (Å²) in [5, 5.41) is 5.21. The highest BCUT2D eigenvalue weighted by Crippen LogP contribution is 2.55. The summed E-state index contributed by atoms with van der Waals surface area (Å²) in [6.45, 7) is 0. The van der Waals surface area contributed by atoms with Crippen molar-refractivity contribution >= 4 is 87.3 Å². The first kappa shape index (κ1) is 24.6. The van der Waals surface area contributed by atoms with Gasteiger partial charge in [0.15, 0.2) is 0 Å². The third kappa shape index (κ3) is 3.09. The zero-order chi connectivity index (χ0) is 29.9. The predicted molar refractivity (Wildman–Crippen MR) is 196 cm³/mol. The van der Waals surface area contributed by atoms with Gasteiger partial charge in [-0.05, 0) is 48.0 Å². The summed E-state index contributed by atoms with van der Waals surface area (Å²) in [7, 11) is 0. The van der Waals surface area contributed by atoms with Gasteiger partial charge in [-0.2, -0.15) is 4.58 Å². The molecule has 0 fully saturated rings. The van der Waals surface area contributed by atoms with E-state index in [1.807, 2.05) is 11.3 Å². The Morgan fingerprint density at radius 1 is 0.609 bits per heavy atom. The van der Waals surface area contributed by atoms with E-state index in [-0.39, 0.29) is 6.04 Å². The third-order valence-electron chi connectivity index (χ3n) is 10.0. The summed E-state index contributed by atoms with van der Waals surface area (Å²) in [4.78, 5) is 2.58. The molecule has 4 heteroatoms. The van der Waals surface area contributed by atoms with Crippen molar-refractivity contribution in [1.29, 1.82) is 0 Å². The van der Waals surface area contributed by atoms with Crippen LogP contribution in [0.5, 0.6) is 0 Å². The molecular weight excluding hydrogens is 579 g/mol. The molecule has 0 spiro atoms. The third-order valence-corrected chi connectivity index (χ3v) is 11.2. The largest absolute Gasteiger partial charge is 0.318 e. The average molecular weight is 605 g/mol. The summed E-state index contributed by atoms with van der Waals surface area (Å²) >= 11 is 1.87. The molecule has 0 saturated carbocycles. The Labute approximate surface area is 269 Å². The molecule has 0 amide bonds. The maximum absolute atomic E-state index is 2.58. The number of anilines is 2. The second-order valence-corrected chi connectivity index (χ2v) is 13.4. The van der Waals surface area contributed by atoms with Crippen LogP contribution in [0, 0.1) is 0 Å². The normalized spacial score (nSPS) is 16.4. The molecule has 2 aromatic heterocycles. The highest BCUT2D eigenvalue weighted by molar-refractivity contribution is 7.25. The van der Waals surface area contributed by atoms with Gasteiger partial charge in [-0.25, -0.2) is 0 Å². The fourth-order valence-corrected chi connectivity index (χ4v) is 9.29. The zero-order valence-corrected chi connectivity index (χ0v) is 25.6. The lowest BCUT2D eigenvalue weighted by molar-refractivity contribution is 0.931. The summed E-state index contributed by atoms with van der Waals surface area (Å²) in [5.41, 5.74) is 12.5. The summed E-state index contributed by atoms with van der Waals surface area (Å²) in [5.74, 6) is 0.